The highest BCUT2D eigenvalue weighted by Gasteiger charge is 2.25. The molecule has 1 heterocycles. The molecule has 5 nitrogen and oxygen atoms in total. The zero-order valence-corrected chi connectivity index (χ0v) is 12.9. The van der Waals surface area contributed by atoms with Crippen LogP contribution in [0.1, 0.15) is 45.4 Å². The van der Waals surface area contributed by atoms with Crippen LogP contribution in [0.5, 0.6) is 0 Å². The minimum absolute atomic E-state index is 0.115. The molecule has 0 aromatic carbocycles. The normalized spacial score (nSPS) is 17.5. The first-order valence-corrected chi connectivity index (χ1v) is 9.05. The van der Waals surface area contributed by atoms with Crippen LogP contribution in [0.3, 0.4) is 0 Å². The highest BCUT2D eigenvalue weighted by molar-refractivity contribution is 8.13. The second kappa shape index (κ2) is 5.79. The van der Waals surface area contributed by atoms with Gasteiger partial charge in [0.15, 0.2) is 0 Å². The minimum atomic E-state index is -3.83. The molecule has 0 atom stereocenters. The summed E-state index contributed by atoms with van der Waals surface area (Å²) in [4.78, 5) is 0. The Bertz CT molecular complexity index is 533. The van der Waals surface area contributed by atoms with Crippen LogP contribution in [0.15, 0.2) is 5.16 Å². The predicted octanol–water partition coefficient (Wildman–Crippen LogP) is 2.59. The van der Waals surface area contributed by atoms with Gasteiger partial charge in [-0.15, -0.1) is 10.2 Å². The van der Waals surface area contributed by atoms with E-state index in [1.54, 1.807) is 4.57 Å². The molecule has 0 unspecified atom stereocenters. The lowest BCUT2D eigenvalue weighted by Crippen LogP contribution is -2.15. The summed E-state index contributed by atoms with van der Waals surface area (Å²) in [6, 6.07) is 0. The second-order valence-electron chi connectivity index (χ2n) is 5.70. The van der Waals surface area contributed by atoms with Crippen LogP contribution in [0.2, 0.25) is 0 Å². The van der Waals surface area contributed by atoms with Gasteiger partial charge in [-0.25, -0.2) is 8.42 Å². The Morgan fingerprint density at radius 1 is 1.32 bits per heavy atom. The highest BCUT2D eigenvalue weighted by Crippen LogP contribution is 2.28. The third kappa shape index (κ3) is 3.69. The molecule has 1 aliphatic rings. The molecule has 0 radical (unpaired) electrons. The smallest absolute Gasteiger partial charge is 0.296 e. The summed E-state index contributed by atoms with van der Waals surface area (Å²) >= 11 is 0. The van der Waals surface area contributed by atoms with E-state index < -0.39 is 9.05 Å². The average molecular weight is 306 g/mol. The Hall–Kier alpha value is -0.620. The van der Waals surface area contributed by atoms with Crippen molar-refractivity contribution < 1.29 is 8.42 Å². The minimum Gasteiger partial charge on any atom is -0.301 e. The van der Waals surface area contributed by atoms with E-state index in [-0.39, 0.29) is 5.16 Å². The average Bonchev–Trinajstić information content (AvgIpc) is 2.88. The van der Waals surface area contributed by atoms with E-state index in [4.69, 9.17) is 10.7 Å². The predicted molar refractivity (Wildman–Crippen MR) is 73.6 cm³/mol. The van der Waals surface area contributed by atoms with Crippen LogP contribution in [0.25, 0.3) is 0 Å². The van der Waals surface area contributed by atoms with Crippen molar-refractivity contribution in [3.05, 3.63) is 5.82 Å². The van der Waals surface area contributed by atoms with Crippen molar-refractivity contribution in [2.24, 2.45) is 11.8 Å². The van der Waals surface area contributed by atoms with E-state index in [2.05, 4.69) is 10.2 Å². The Labute approximate surface area is 118 Å². The van der Waals surface area contributed by atoms with Gasteiger partial charge in [-0.1, -0.05) is 39.5 Å². The van der Waals surface area contributed by atoms with Crippen LogP contribution in [0.4, 0.5) is 0 Å². The Morgan fingerprint density at radius 2 is 1.95 bits per heavy atom. The van der Waals surface area contributed by atoms with Gasteiger partial charge in [0.25, 0.3) is 14.2 Å². The van der Waals surface area contributed by atoms with Gasteiger partial charge in [0, 0.05) is 23.6 Å². The Kier molecular flexibility index (Phi) is 4.50. The quantitative estimate of drug-likeness (QED) is 0.784. The van der Waals surface area contributed by atoms with Gasteiger partial charge in [0.2, 0.25) is 0 Å². The molecule has 7 heteroatoms. The Morgan fingerprint density at radius 3 is 2.47 bits per heavy atom. The highest BCUT2D eigenvalue weighted by atomic mass is 35.7. The van der Waals surface area contributed by atoms with E-state index >= 15 is 0 Å². The molecule has 0 spiro atoms. The molecular formula is C12H20ClN3O2S. The SMILES string of the molecule is CC(C)Cn1c(CC2CCCC2)nnc1S(=O)(=O)Cl. The monoisotopic (exact) mass is 305 g/mol. The lowest BCUT2D eigenvalue weighted by Gasteiger charge is -2.13. The maximum Gasteiger partial charge on any atom is 0.296 e. The number of nitrogens with zero attached hydrogens (tertiary/aromatic N) is 3. The van der Waals surface area contributed by atoms with E-state index in [0.29, 0.717) is 18.4 Å². The zero-order valence-electron chi connectivity index (χ0n) is 11.3. The van der Waals surface area contributed by atoms with E-state index in [9.17, 15) is 8.42 Å². The summed E-state index contributed by atoms with van der Waals surface area (Å²) in [5.74, 6) is 1.66. The molecule has 2 rings (SSSR count). The lowest BCUT2D eigenvalue weighted by molar-refractivity contribution is 0.448. The largest absolute Gasteiger partial charge is 0.301 e. The molecule has 108 valence electrons. The molecule has 0 bridgehead atoms. The van der Waals surface area contributed by atoms with Gasteiger partial charge < -0.3 is 4.57 Å². The molecule has 1 aliphatic carbocycles. The molecule has 1 aromatic heterocycles. The lowest BCUT2D eigenvalue weighted by atomic mass is 10.0. The van der Waals surface area contributed by atoms with Gasteiger partial charge in [-0.05, 0) is 11.8 Å². The molecule has 0 saturated heterocycles. The zero-order chi connectivity index (χ0) is 14.0. The van der Waals surface area contributed by atoms with Crippen LogP contribution < -0.4 is 0 Å². The second-order valence-corrected chi connectivity index (χ2v) is 8.16. The summed E-state index contributed by atoms with van der Waals surface area (Å²) in [5.41, 5.74) is 0. The van der Waals surface area contributed by atoms with Crippen molar-refractivity contribution >= 4 is 19.7 Å². The van der Waals surface area contributed by atoms with Crippen molar-refractivity contribution in [2.45, 2.75) is 57.7 Å². The molecule has 1 saturated carbocycles. The topological polar surface area (TPSA) is 64.8 Å². The fourth-order valence-electron chi connectivity index (χ4n) is 2.67. The van der Waals surface area contributed by atoms with Crippen LogP contribution in [0, 0.1) is 11.8 Å². The van der Waals surface area contributed by atoms with Crippen LogP contribution in [-0.4, -0.2) is 23.2 Å². The van der Waals surface area contributed by atoms with Gasteiger partial charge in [0.1, 0.15) is 5.82 Å². The van der Waals surface area contributed by atoms with E-state index in [1.807, 2.05) is 13.8 Å². The standard InChI is InChI=1S/C12H20ClN3O2S/c1-9(2)8-16-11(7-10-5-3-4-6-10)14-15-12(16)19(13,17)18/h9-10H,3-8H2,1-2H3. The fourth-order valence-corrected chi connectivity index (χ4v) is 3.60. The maximum atomic E-state index is 11.5. The van der Waals surface area contributed by atoms with Crippen LogP contribution in [-0.2, 0) is 22.0 Å². The molecular weight excluding hydrogens is 286 g/mol. The van der Waals surface area contributed by atoms with Gasteiger partial charge in [-0.2, -0.15) is 0 Å². The number of hydrogen-bond acceptors (Lipinski definition) is 4. The number of aromatic nitrogens is 3. The number of hydrogen-bond donors (Lipinski definition) is 0. The summed E-state index contributed by atoms with van der Waals surface area (Å²) in [6.07, 6.45) is 5.69. The fraction of sp³-hybridized carbons (Fsp3) is 0.833. The molecule has 0 amide bonds. The van der Waals surface area contributed by atoms with Crippen molar-refractivity contribution in [2.75, 3.05) is 0 Å². The summed E-state index contributed by atoms with van der Waals surface area (Å²) in [7, 11) is 1.60. The van der Waals surface area contributed by atoms with Gasteiger partial charge in [-0.3, -0.25) is 0 Å². The third-order valence-electron chi connectivity index (χ3n) is 3.51. The third-order valence-corrected chi connectivity index (χ3v) is 4.66. The molecule has 19 heavy (non-hydrogen) atoms. The van der Waals surface area contributed by atoms with Crippen molar-refractivity contribution in [1.29, 1.82) is 0 Å². The molecule has 0 N–H and O–H groups in total. The first-order valence-electron chi connectivity index (χ1n) is 6.74. The first-order chi connectivity index (χ1) is 8.88. The van der Waals surface area contributed by atoms with E-state index in [0.717, 1.165) is 12.2 Å². The summed E-state index contributed by atoms with van der Waals surface area (Å²) in [6.45, 7) is 4.64. The number of halogens is 1. The van der Waals surface area contributed by atoms with Gasteiger partial charge in [0.05, 0.1) is 0 Å². The van der Waals surface area contributed by atoms with Crippen molar-refractivity contribution in [1.82, 2.24) is 14.8 Å². The number of rotatable bonds is 5. The van der Waals surface area contributed by atoms with Crippen molar-refractivity contribution in [3.8, 4) is 0 Å². The molecule has 1 fully saturated rings. The summed E-state index contributed by atoms with van der Waals surface area (Å²) < 4.78 is 24.7. The van der Waals surface area contributed by atoms with Crippen molar-refractivity contribution in [3.63, 3.8) is 0 Å². The van der Waals surface area contributed by atoms with Crippen LogP contribution >= 0.6 is 10.7 Å². The summed E-state index contributed by atoms with van der Waals surface area (Å²) in [5, 5.41) is 7.71. The Balaban J connectivity index is 2.29. The molecule has 1 aromatic rings. The first kappa shape index (κ1) is 14.8. The van der Waals surface area contributed by atoms with E-state index in [1.165, 1.54) is 25.7 Å². The van der Waals surface area contributed by atoms with Gasteiger partial charge >= 0.3 is 0 Å². The maximum absolute atomic E-state index is 11.5. The molecule has 0 aliphatic heterocycles.